The Balaban J connectivity index is 2.33. The summed E-state index contributed by atoms with van der Waals surface area (Å²) in [4.78, 5) is 22.7. The number of hydrogen-bond donors (Lipinski definition) is 1. The van der Waals surface area contributed by atoms with Gasteiger partial charge >= 0.3 is 0 Å². The fourth-order valence-corrected chi connectivity index (χ4v) is 3.33. The van der Waals surface area contributed by atoms with Crippen molar-refractivity contribution < 1.29 is 19.2 Å². The van der Waals surface area contributed by atoms with Crippen LogP contribution in [-0.2, 0) is 4.79 Å². The first-order chi connectivity index (χ1) is 13.3. The lowest BCUT2D eigenvalue weighted by Gasteiger charge is -2.11. The molecule has 0 saturated heterocycles. The van der Waals surface area contributed by atoms with Gasteiger partial charge < -0.3 is 14.8 Å². The minimum absolute atomic E-state index is 0.129. The Labute approximate surface area is 177 Å². The molecular formula is C18H13Br2N3O5. The molecule has 10 heteroatoms. The molecule has 0 spiro atoms. The van der Waals surface area contributed by atoms with E-state index in [1.54, 1.807) is 12.1 Å². The minimum atomic E-state index is -0.664. The zero-order valence-corrected chi connectivity index (χ0v) is 17.8. The first kappa shape index (κ1) is 21.4. The highest BCUT2D eigenvalue weighted by Gasteiger charge is 2.15. The summed E-state index contributed by atoms with van der Waals surface area (Å²) in [6, 6.07) is 9.03. The smallest absolute Gasteiger partial charge is 0.270 e. The van der Waals surface area contributed by atoms with Gasteiger partial charge in [0.15, 0.2) is 11.5 Å². The van der Waals surface area contributed by atoms with Crippen LogP contribution in [-0.4, -0.2) is 25.1 Å². The Kier molecular flexibility index (Phi) is 7.14. The molecule has 0 aliphatic rings. The minimum Gasteiger partial charge on any atom is -0.493 e. The molecular weight excluding hydrogens is 498 g/mol. The van der Waals surface area contributed by atoms with Crippen molar-refractivity contribution in [3.05, 3.63) is 60.5 Å². The fraction of sp³-hybridized carbons (Fsp3) is 0.111. The van der Waals surface area contributed by atoms with Gasteiger partial charge in [0.25, 0.3) is 11.6 Å². The number of ether oxygens (including phenoxy) is 2. The molecule has 2 aromatic rings. The summed E-state index contributed by atoms with van der Waals surface area (Å²) in [7, 11) is 2.97. The van der Waals surface area contributed by atoms with E-state index in [0.29, 0.717) is 31.7 Å². The van der Waals surface area contributed by atoms with Gasteiger partial charge in [0.2, 0.25) is 0 Å². The Morgan fingerprint density at radius 1 is 1.21 bits per heavy atom. The molecule has 0 saturated carbocycles. The molecule has 1 N–H and O–H groups in total. The lowest BCUT2D eigenvalue weighted by Crippen LogP contribution is -2.14. The van der Waals surface area contributed by atoms with Gasteiger partial charge in [-0.1, -0.05) is 0 Å². The average Bonchev–Trinajstić information content (AvgIpc) is 2.66. The van der Waals surface area contributed by atoms with E-state index < -0.39 is 10.8 Å². The Morgan fingerprint density at radius 2 is 1.93 bits per heavy atom. The molecule has 1 amide bonds. The van der Waals surface area contributed by atoms with Crippen LogP contribution in [0.5, 0.6) is 11.5 Å². The Morgan fingerprint density at radius 3 is 2.46 bits per heavy atom. The van der Waals surface area contributed by atoms with Crippen LogP contribution in [0, 0.1) is 21.4 Å². The maximum absolute atomic E-state index is 12.5. The largest absolute Gasteiger partial charge is 0.493 e. The molecule has 144 valence electrons. The number of anilines is 1. The molecule has 2 aromatic carbocycles. The summed E-state index contributed by atoms with van der Waals surface area (Å²) in [6.07, 6.45) is 1.39. The van der Waals surface area contributed by atoms with Gasteiger partial charge in [0.1, 0.15) is 11.6 Å². The number of nitrogens with zero attached hydrogens (tertiary/aromatic N) is 2. The lowest BCUT2D eigenvalue weighted by molar-refractivity contribution is -0.384. The highest BCUT2D eigenvalue weighted by Crippen LogP contribution is 2.37. The van der Waals surface area contributed by atoms with E-state index >= 15 is 0 Å². The summed E-state index contributed by atoms with van der Waals surface area (Å²) in [5, 5.41) is 22.7. The molecule has 28 heavy (non-hydrogen) atoms. The third-order valence-electron chi connectivity index (χ3n) is 3.54. The molecule has 0 aromatic heterocycles. The lowest BCUT2D eigenvalue weighted by atomic mass is 10.1. The van der Waals surface area contributed by atoms with Gasteiger partial charge in [0, 0.05) is 16.6 Å². The Hall–Kier alpha value is -2.90. The second-order valence-corrected chi connectivity index (χ2v) is 6.99. The molecule has 0 fully saturated rings. The zero-order valence-electron chi connectivity index (χ0n) is 14.7. The van der Waals surface area contributed by atoms with E-state index in [1.165, 1.54) is 38.5 Å². The molecule has 0 bridgehead atoms. The summed E-state index contributed by atoms with van der Waals surface area (Å²) in [5.41, 5.74) is 0.546. The van der Waals surface area contributed by atoms with E-state index in [2.05, 4.69) is 37.2 Å². The number of methoxy groups -OCH3 is 2. The molecule has 2 rings (SSSR count). The van der Waals surface area contributed by atoms with Gasteiger partial charge in [-0.2, -0.15) is 5.26 Å². The fourth-order valence-electron chi connectivity index (χ4n) is 2.25. The van der Waals surface area contributed by atoms with Crippen LogP contribution < -0.4 is 14.8 Å². The Bertz CT molecular complexity index is 1020. The molecule has 8 nitrogen and oxygen atoms in total. The predicted octanol–water partition coefficient (Wildman–Crippen LogP) is 4.68. The highest BCUT2D eigenvalue weighted by atomic mass is 79.9. The standard InChI is InChI=1S/C18H13Br2N3O5/c1-27-16-7-10(6-14(20)17(16)28-2)5-11(9-21)18(24)22-15-4-3-12(23(25)26)8-13(15)19/h3-8H,1-2H3,(H,22,24)/b11-5+. The van der Waals surface area contributed by atoms with Crippen molar-refractivity contribution >= 4 is 55.2 Å². The molecule has 0 aliphatic heterocycles. The second kappa shape index (κ2) is 9.34. The van der Waals surface area contributed by atoms with Crippen molar-refractivity contribution in [2.75, 3.05) is 19.5 Å². The number of nitro groups is 1. The topological polar surface area (TPSA) is 114 Å². The van der Waals surface area contributed by atoms with Crippen molar-refractivity contribution in [3.8, 4) is 17.6 Å². The SMILES string of the molecule is COc1cc(/C=C(\C#N)C(=O)Nc2ccc([N+](=O)[O-])cc2Br)cc(Br)c1OC. The van der Waals surface area contributed by atoms with Crippen LogP contribution in [0.3, 0.4) is 0 Å². The molecule has 0 heterocycles. The van der Waals surface area contributed by atoms with Crippen molar-refractivity contribution in [2.24, 2.45) is 0 Å². The summed E-state index contributed by atoms with van der Waals surface area (Å²) in [6.45, 7) is 0. The zero-order chi connectivity index (χ0) is 20.8. The van der Waals surface area contributed by atoms with Crippen LogP contribution in [0.1, 0.15) is 5.56 Å². The first-order valence-corrected chi connectivity index (χ1v) is 9.18. The molecule has 0 aliphatic carbocycles. The quantitative estimate of drug-likeness (QED) is 0.261. The normalized spacial score (nSPS) is 10.8. The number of non-ortho nitro benzene ring substituents is 1. The van der Waals surface area contributed by atoms with Crippen molar-refractivity contribution in [1.29, 1.82) is 5.26 Å². The first-order valence-electron chi connectivity index (χ1n) is 7.59. The van der Waals surface area contributed by atoms with Gasteiger partial charge in [-0.3, -0.25) is 14.9 Å². The molecule has 0 atom stereocenters. The van der Waals surface area contributed by atoms with Crippen molar-refractivity contribution in [2.45, 2.75) is 0 Å². The van der Waals surface area contributed by atoms with Crippen LogP contribution in [0.2, 0.25) is 0 Å². The van der Waals surface area contributed by atoms with Crippen molar-refractivity contribution in [1.82, 2.24) is 0 Å². The third-order valence-corrected chi connectivity index (χ3v) is 4.79. The summed E-state index contributed by atoms with van der Waals surface area (Å²) < 4.78 is 11.4. The van der Waals surface area contributed by atoms with Crippen LogP contribution in [0.4, 0.5) is 11.4 Å². The van der Waals surface area contributed by atoms with E-state index in [1.807, 2.05) is 6.07 Å². The van der Waals surface area contributed by atoms with Gasteiger partial charge in [-0.15, -0.1) is 0 Å². The highest BCUT2D eigenvalue weighted by molar-refractivity contribution is 9.11. The maximum atomic E-state index is 12.5. The molecule has 0 radical (unpaired) electrons. The van der Waals surface area contributed by atoms with E-state index in [4.69, 9.17) is 9.47 Å². The van der Waals surface area contributed by atoms with Crippen LogP contribution >= 0.6 is 31.9 Å². The molecule has 0 unspecified atom stereocenters. The number of halogens is 2. The summed E-state index contributed by atoms with van der Waals surface area (Å²) >= 11 is 6.52. The number of benzene rings is 2. The van der Waals surface area contributed by atoms with Gasteiger partial charge in [0.05, 0.1) is 29.3 Å². The number of rotatable bonds is 6. The number of carbonyl (C=O) groups excluding carboxylic acids is 1. The van der Waals surface area contributed by atoms with Crippen LogP contribution in [0.15, 0.2) is 44.9 Å². The number of nitro benzene ring substituents is 1. The predicted molar refractivity (Wildman–Crippen MR) is 110 cm³/mol. The maximum Gasteiger partial charge on any atom is 0.270 e. The summed E-state index contributed by atoms with van der Waals surface area (Å²) in [5.74, 6) is 0.249. The van der Waals surface area contributed by atoms with Crippen LogP contribution in [0.25, 0.3) is 6.08 Å². The average molecular weight is 511 g/mol. The number of hydrogen-bond acceptors (Lipinski definition) is 6. The number of nitrogens with one attached hydrogen (secondary N) is 1. The van der Waals surface area contributed by atoms with Gasteiger partial charge in [-0.25, -0.2) is 0 Å². The number of amides is 1. The number of carbonyl (C=O) groups is 1. The van der Waals surface area contributed by atoms with Crippen molar-refractivity contribution in [3.63, 3.8) is 0 Å². The van der Waals surface area contributed by atoms with E-state index in [9.17, 15) is 20.2 Å². The van der Waals surface area contributed by atoms with E-state index in [0.717, 1.165) is 0 Å². The van der Waals surface area contributed by atoms with E-state index in [-0.39, 0.29) is 11.3 Å². The third kappa shape index (κ3) is 4.88. The monoisotopic (exact) mass is 509 g/mol. The second-order valence-electron chi connectivity index (χ2n) is 5.28. The van der Waals surface area contributed by atoms with Gasteiger partial charge in [-0.05, 0) is 61.7 Å². The number of nitriles is 1.